The van der Waals surface area contributed by atoms with Gasteiger partial charge in [-0.05, 0) is 28.3 Å². The lowest BCUT2D eigenvalue weighted by Crippen LogP contribution is -1.99. The molecule has 3 N–H and O–H groups in total. The molecule has 19 heavy (non-hydrogen) atoms. The molecule has 3 heteroatoms. The van der Waals surface area contributed by atoms with Crippen molar-refractivity contribution < 1.29 is 9.90 Å². The summed E-state index contributed by atoms with van der Waals surface area (Å²) in [6.07, 6.45) is 1.23. The van der Waals surface area contributed by atoms with Crippen molar-refractivity contribution in [1.29, 1.82) is 0 Å². The van der Waals surface area contributed by atoms with Crippen LogP contribution in [0.5, 0.6) is 0 Å². The van der Waals surface area contributed by atoms with E-state index < -0.39 is 5.97 Å². The van der Waals surface area contributed by atoms with Crippen molar-refractivity contribution in [1.82, 2.24) is 0 Å². The van der Waals surface area contributed by atoms with Gasteiger partial charge in [0.05, 0.1) is 0 Å². The molecule has 0 radical (unpaired) electrons. The van der Waals surface area contributed by atoms with E-state index in [4.69, 9.17) is 10.8 Å². The van der Waals surface area contributed by atoms with Crippen LogP contribution in [-0.4, -0.2) is 11.1 Å². The van der Waals surface area contributed by atoms with E-state index in [1.165, 1.54) is 6.08 Å². The minimum absolute atomic E-state index is 0.434. The molecule has 0 fully saturated rings. The Balaban J connectivity index is 2.53. The first kappa shape index (κ1) is 13.1. The first-order valence-electron chi connectivity index (χ1n) is 6.00. The van der Waals surface area contributed by atoms with Gasteiger partial charge in [-0.3, -0.25) is 0 Å². The van der Waals surface area contributed by atoms with Crippen LogP contribution in [0.25, 0.3) is 5.57 Å². The Morgan fingerprint density at radius 2 is 1.74 bits per heavy atom. The van der Waals surface area contributed by atoms with E-state index in [9.17, 15) is 4.79 Å². The number of benzene rings is 2. The third-order valence-corrected chi connectivity index (χ3v) is 2.83. The van der Waals surface area contributed by atoms with Crippen molar-refractivity contribution in [2.45, 2.75) is 6.54 Å². The van der Waals surface area contributed by atoms with Gasteiger partial charge in [0.1, 0.15) is 0 Å². The Morgan fingerprint density at radius 1 is 1.05 bits per heavy atom. The predicted molar refractivity (Wildman–Crippen MR) is 75.5 cm³/mol. The van der Waals surface area contributed by atoms with Crippen molar-refractivity contribution in [2.75, 3.05) is 0 Å². The maximum Gasteiger partial charge on any atom is 0.328 e. The minimum Gasteiger partial charge on any atom is -0.478 e. The first-order valence-corrected chi connectivity index (χ1v) is 6.00. The highest BCUT2D eigenvalue weighted by molar-refractivity contribution is 5.95. The maximum atomic E-state index is 11.0. The van der Waals surface area contributed by atoms with Gasteiger partial charge in [0, 0.05) is 12.6 Å². The fourth-order valence-electron chi connectivity index (χ4n) is 1.94. The number of carboxylic acid groups (broad SMARTS) is 1. The van der Waals surface area contributed by atoms with Gasteiger partial charge in [-0.2, -0.15) is 0 Å². The Morgan fingerprint density at radius 3 is 2.37 bits per heavy atom. The lowest BCUT2D eigenvalue weighted by atomic mass is 9.96. The SMILES string of the molecule is NCc1cccc(/C(=C/C(=O)O)c2ccccc2)c1. The zero-order valence-electron chi connectivity index (χ0n) is 10.4. The van der Waals surface area contributed by atoms with Gasteiger partial charge in [-0.15, -0.1) is 0 Å². The number of nitrogens with two attached hydrogens (primary N) is 1. The van der Waals surface area contributed by atoms with Crippen LogP contribution in [0.3, 0.4) is 0 Å². The number of aliphatic carboxylic acids is 1. The zero-order valence-corrected chi connectivity index (χ0v) is 10.4. The Kier molecular flexibility index (Phi) is 4.11. The summed E-state index contributed by atoms with van der Waals surface area (Å²) in [5.74, 6) is -0.961. The van der Waals surface area contributed by atoms with Crippen molar-refractivity contribution >= 4 is 11.5 Å². The molecule has 2 rings (SSSR count). The summed E-state index contributed by atoms with van der Waals surface area (Å²) >= 11 is 0. The zero-order chi connectivity index (χ0) is 13.7. The summed E-state index contributed by atoms with van der Waals surface area (Å²) in [6.45, 7) is 0.434. The Bertz CT molecular complexity index is 603. The van der Waals surface area contributed by atoms with Gasteiger partial charge in [0.25, 0.3) is 0 Å². The highest BCUT2D eigenvalue weighted by Crippen LogP contribution is 2.23. The van der Waals surface area contributed by atoms with E-state index in [1.807, 2.05) is 54.6 Å². The average molecular weight is 253 g/mol. The van der Waals surface area contributed by atoms with Crippen LogP contribution in [0.15, 0.2) is 60.7 Å². The molecule has 0 heterocycles. The van der Waals surface area contributed by atoms with Crippen LogP contribution >= 0.6 is 0 Å². The molecule has 3 nitrogen and oxygen atoms in total. The van der Waals surface area contributed by atoms with E-state index in [-0.39, 0.29) is 0 Å². The Hall–Kier alpha value is -2.39. The van der Waals surface area contributed by atoms with Gasteiger partial charge in [0.2, 0.25) is 0 Å². The van der Waals surface area contributed by atoms with Crippen molar-refractivity contribution in [2.24, 2.45) is 5.73 Å². The topological polar surface area (TPSA) is 63.3 Å². The molecule has 2 aromatic rings. The lowest BCUT2D eigenvalue weighted by Gasteiger charge is -2.09. The van der Waals surface area contributed by atoms with Crippen molar-refractivity contribution in [3.63, 3.8) is 0 Å². The number of hydrogen-bond acceptors (Lipinski definition) is 2. The summed E-state index contributed by atoms with van der Waals surface area (Å²) in [5, 5.41) is 9.03. The van der Waals surface area contributed by atoms with Crippen LogP contribution < -0.4 is 5.73 Å². The molecular weight excluding hydrogens is 238 g/mol. The number of hydrogen-bond donors (Lipinski definition) is 2. The monoisotopic (exact) mass is 253 g/mol. The van der Waals surface area contributed by atoms with Gasteiger partial charge in [0.15, 0.2) is 0 Å². The van der Waals surface area contributed by atoms with Gasteiger partial charge >= 0.3 is 5.97 Å². The molecule has 0 aromatic heterocycles. The third kappa shape index (κ3) is 3.30. The largest absolute Gasteiger partial charge is 0.478 e. The lowest BCUT2D eigenvalue weighted by molar-refractivity contribution is -0.131. The molecule has 2 aromatic carbocycles. The third-order valence-electron chi connectivity index (χ3n) is 2.83. The fourth-order valence-corrected chi connectivity index (χ4v) is 1.94. The summed E-state index contributed by atoms with van der Waals surface area (Å²) in [6, 6.07) is 17.1. The molecule has 0 saturated carbocycles. The Labute approximate surface area is 112 Å². The second-order valence-electron chi connectivity index (χ2n) is 4.17. The minimum atomic E-state index is -0.961. The predicted octanol–water partition coefficient (Wildman–Crippen LogP) is 2.66. The molecule has 0 saturated heterocycles. The van der Waals surface area contributed by atoms with Crippen LogP contribution in [0.1, 0.15) is 16.7 Å². The molecule has 0 aliphatic heterocycles. The van der Waals surface area contributed by atoms with Crippen LogP contribution in [-0.2, 0) is 11.3 Å². The molecule has 0 spiro atoms. The highest BCUT2D eigenvalue weighted by atomic mass is 16.4. The van der Waals surface area contributed by atoms with Crippen LogP contribution in [0.2, 0.25) is 0 Å². The molecule has 0 aliphatic rings. The van der Waals surface area contributed by atoms with E-state index >= 15 is 0 Å². The standard InChI is InChI=1S/C16H15NO2/c17-11-12-5-4-8-14(9-12)15(10-16(18)19)13-6-2-1-3-7-13/h1-10H,11,17H2,(H,18,19)/b15-10+. The summed E-state index contributed by atoms with van der Waals surface area (Å²) in [7, 11) is 0. The highest BCUT2D eigenvalue weighted by Gasteiger charge is 2.07. The molecular formula is C16H15NO2. The summed E-state index contributed by atoms with van der Waals surface area (Å²) in [4.78, 5) is 11.0. The van der Waals surface area contributed by atoms with Gasteiger partial charge < -0.3 is 10.8 Å². The van der Waals surface area contributed by atoms with E-state index in [2.05, 4.69) is 0 Å². The summed E-state index contributed by atoms with van der Waals surface area (Å²) < 4.78 is 0. The van der Waals surface area contributed by atoms with Crippen molar-refractivity contribution in [3.05, 3.63) is 77.4 Å². The first-order chi connectivity index (χ1) is 9.20. The molecule has 0 amide bonds. The number of carboxylic acids is 1. The van der Waals surface area contributed by atoms with Gasteiger partial charge in [-0.25, -0.2) is 4.79 Å². The van der Waals surface area contributed by atoms with Gasteiger partial charge in [-0.1, -0.05) is 48.5 Å². The van der Waals surface area contributed by atoms with E-state index in [0.29, 0.717) is 12.1 Å². The fraction of sp³-hybridized carbons (Fsp3) is 0.0625. The van der Waals surface area contributed by atoms with Crippen molar-refractivity contribution in [3.8, 4) is 0 Å². The maximum absolute atomic E-state index is 11.0. The smallest absolute Gasteiger partial charge is 0.328 e. The normalized spacial score (nSPS) is 11.3. The molecule has 0 atom stereocenters. The molecule has 0 unspecified atom stereocenters. The second kappa shape index (κ2) is 5.98. The average Bonchev–Trinajstić information content (AvgIpc) is 2.45. The molecule has 0 aliphatic carbocycles. The quantitative estimate of drug-likeness (QED) is 0.823. The second-order valence-corrected chi connectivity index (χ2v) is 4.17. The molecule has 96 valence electrons. The summed E-state index contributed by atoms with van der Waals surface area (Å²) in [5.41, 5.74) is 9.02. The number of rotatable bonds is 4. The number of carbonyl (C=O) groups is 1. The molecule has 0 bridgehead atoms. The van der Waals surface area contributed by atoms with E-state index in [1.54, 1.807) is 0 Å². The van der Waals surface area contributed by atoms with E-state index in [0.717, 1.165) is 16.7 Å². The van der Waals surface area contributed by atoms with Crippen LogP contribution in [0, 0.1) is 0 Å². The van der Waals surface area contributed by atoms with Crippen LogP contribution in [0.4, 0.5) is 0 Å².